The van der Waals surface area contributed by atoms with Crippen molar-refractivity contribution >= 4 is 52.4 Å². The van der Waals surface area contributed by atoms with Crippen molar-refractivity contribution in [2.24, 2.45) is 23.2 Å². The van der Waals surface area contributed by atoms with Gasteiger partial charge in [-0.25, -0.2) is 14.6 Å². The molecule has 18 heteroatoms. The number of aliphatic carboxylic acids is 1. The van der Waals surface area contributed by atoms with Gasteiger partial charge in [0.2, 0.25) is 11.8 Å². The number of rotatable bonds is 16. The van der Waals surface area contributed by atoms with Crippen molar-refractivity contribution < 1.29 is 47.6 Å². The summed E-state index contributed by atoms with van der Waals surface area (Å²) in [5.41, 5.74) is -1.20. The molecular weight excluding hydrogens is 834 g/mol. The number of pyridine rings is 1. The summed E-state index contributed by atoms with van der Waals surface area (Å²) in [5, 5.41) is 19.7. The number of anilines is 1. The molecule has 4 N–H and O–H groups in total. The normalized spacial score (nSPS) is 27.1. The fraction of sp³-hybridized carbons (Fsp3) is 0.600. The molecule has 3 aromatic rings. The Kier molecular flexibility index (Phi) is 12.6. The van der Waals surface area contributed by atoms with Crippen LogP contribution in [0.1, 0.15) is 66.7 Å². The van der Waals surface area contributed by atoms with Crippen LogP contribution >= 0.6 is 11.6 Å². The second-order valence-corrected chi connectivity index (χ2v) is 19.3. The first-order chi connectivity index (χ1) is 30.0. The minimum atomic E-state index is -1.55. The highest BCUT2D eigenvalue weighted by atomic mass is 35.5. The monoisotopic (exact) mass is 891 g/mol. The molecule has 63 heavy (non-hydrogen) atoms. The first kappa shape index (κ1) is 44.5. The molecule has 3 amide bonds. The molecule has 0 radical (unpaired) electrons. The lowest BCUT2D eigenvalue weighted by Crippen LogP contribution is -2.59. The van der Waals surface area contributed by atoms with Crippen molar-refractivity contribution in [3.8, 4) is 22.9 Å². The number of morpholine rings is 1. The highest BCUT2D eigenvalue weighted by molar-refractivity contribution is 6.36. The number of amides is 3. The smallest absolute Gasteiger partial charge is 0.408 e. The number of halogens is 1. The minimum Gasteiger partial charge on any atom is -0.491 e. The maximum atomic E-state index is 14.8. The number of oxazole rings is 1. The fourth-order valence-corrected chi connectivity index (χ4v) is 9.37. The molecule has 340 valence electrons. The Morgan fingerprint density at radius 3 is 2.46 bits per heavy atom. The van der Waals surface area contributed by atoms with Gasteiger partial charge in [-0.15, -0.1) is 6.58 Å². The number of hydrogen-bond donors (Lipinski definition) is 4. The lowest BCUT2D eigenvalue weighted by molar-refractivity contribution is -0.146. The Balaban J connectivity index is 1.09. The fourth-order valence-electron chi connectivity index (χ4n) is 9.11. The third-order valence-electron chi connectivity index (χ3n) is 12.8. The summed E-state index contributed by atoms with van der Waals surface area (Å²) in [4.78, 5) is 68.0. The number of carboxylic acids is 1. The molecule has 8 rings (SSSR count). The van der Waals surface area contributed by atoms with Crippen LogP contribution in [0.2, 0.25) is 5.02 Å². The molecule has 5 aliphatic rings. The van der Waals surface area contributed by atoms with E-state index in [0.29, 0.717) is 78.0 Å². The van der Waals surface area contributed by atoms with Crippen molar-refractivity contribution in [3.05, 3.63) is 42.1 Å². The van der Waals surface area contributed by atoms with Gasteiger partial charge in [0.05, 0.1) is 31.0 Å². The molecule has 2 aliphatic heterocycles. The van der Waals surface area contributed by atoms with Gasteiger partial charge < -0.3 is 49.3 Å². The number of carboxylic acid groups (broad SMARTS) is 1. The largest absolute Gasteiger partial charge is 0.491 e. The van der Waals surface area contributed by atoms with Gasteiger partial charge in [0.1, 0.15) is 64.9 Å². The molecule has 0 bridgehead atoms. The molecule has 1 aromatic carbocycles. The average molecular weight is 892 g/mol. The third kappa shape index (κ3) is 9.70. The first-order valence-electron chi connectivity index (χ1n) is 21.9. The SMILES string of the molecule is C=C[C@@H]1CC1(NC(=O)[C@@H]1C[C@@H](Oc2cc(-c3coc(NC(C)C)n3)nc3c(Cl)c(OCCN4CCOCC4)ccc23)CN1C(=O)[C@@H](NC(=O)O[C@@H]1C[C@@H]2C[C@@H]2C1)C(C)(C)C)C(=O)O. The maximum Gasteiger partial charge on any atom is 0.408 e. The maximum absolute atomic E-state index is 14.8. The summed E-state index contributed by atoms with van der Waals surface area (Å²) in [5.74, 6) is -0.911. The summed E-state index contributed by atoms with van der Waals surface area (Å²) < 4.78 is 29.9. The number of nitrogens with zero attached hydrogens (tertiary/aromatic N) is 4. The van der Waals surface area contributed by atoms with Crippen LogP contribution < -0.4 is 25.4 Å². The van der Waals surface area contributed by atoms with Crippen LogP contribution in [0.4, 0.5) is 10.8 Å². The predicted octanol–water partition coefficient (Wildman–Crippen LogP) is 5.51. The van der Waals surface area contributed by atoms with Gasteiger partial charge in [0, 0.05) is 49.5 Å². The van der Waals surface area contributed by atoms with E-state index < -0.39 is 58.9 Å². The topological polar surface area (TPSA) is 207 Å². The van der Waals surface area contributed by atoms with Gasteiger partial charge in [0.25, 0.3) is 6.01 Å². The number of carbonyl (C=O) groups excluding carboxylic acids is 3. The lowest BCUT2D eigenvalue weighted by atomic mass is 9.85. The van der Waals surface area contributed by atoms with E-state index in [9.17, 15) is 24.3 Å². The molecule has 3 aliphatic carbocycles. The standard InChI is InChI=1S/C45H58ClN7O10/c1-7-27-21-45(27,41(56)57)51-39(54)33-19-29(22-53(33)40(55)38(44(4,5)6)50-43(58)63-28-17-25-16-26(25)18-28)62-35-20-31(32-23-61-42(49-32)47-24(2)3)48-37-30(35)8-9-34(36(37)46)60-15-12-52-10-13-59-14-11-52/h7-9,20,23-29,33,38H,1,10-19,21-22H2,2-6H3,(H,47,49)(H,50,58)(H,51,54)(H,56,57)/t25-,26+,27-,28+,29-,33+,38-,45?/m1/s1. The molecule has 17 nitrogen and oxygen atoms in total. The molecule has 0 spiro atoms. The van der Waals surface area contributed by atoms with Gasteiger partial charge in [-0.1, -0.05) is 38.4 Å². The van der Waals surface area contributed by atoms with E-state index in [1.54, 1.807) is 18.2 Å². The van der Waals surface area contributed by atoms with Gasteiger partial charge in [-0.3, -0.25) is 14.5 Å². The molecular formula is C45H58ClN7O10. The molecule has 1 unspecified atom stereocenters. The van der Waals surface area contributed by atoms with E-state index in [4.69, 9.17) is 39.9 Å². The number of nitrogens with one attached hydrogen (secondary N) is 3. The van der Waals surface area contributed by atoms with E-state index in [-0.39, 0.29) is 36.6 Å². The Morgan fingerprint density at radius 2 is 1.79 bits per heavy atom. The van der Waals surface area contributed by atoms with Crippen LogP contribution in [0.25, 0.3) is 22.3 Å². The van der Waals surface area contributed by atoms with Gasteiger partial charge in [-0.2, -0.15) is 4.98 Å². The number of ether oxygens (including phenoxy) is 4. The zero-order chi connectivity index (χ0) is 44.8. The molecule has 3 saturated carbocycles. The van der Waals surface area contributed by atoms with Crippen molar-refractivity contribution in [1.29, 1.82) is 0 Å². The zero-order valence-corrected chi connectivity index (χ0v) is 37.2. The summed E-state index contributed by atoms with van der Waals surface area (Å²) in [6.07, 6.45) is 4.24. The summed E-state index contributed by atoms with van der Waals surface area (Å²) in [6.45, 7) is 17.1. The van der Waals surface area contributed by atoms with E-state index in [2.05, 4.69) is 32.4 Å². The van der Waals surface area contributed by atoms with Gasteiger partial charge >= 0.3 is 12.1 Å². The highest BCUT2D eigenvalue weighted by Crippen LogP contribution is 2.52. The number of alkyl carbamates (subject to hydrolysis) is 1. The Morgan fingerprint density at radius 1 is 1.05 bits per heavy atom. The van der Waals surface area contributed by atoms with E-state index >= 15 is 0 Å². The summed E-state index contributed by atoms with van der Waals surface area (Å²) in [7, 11) is 0. The third-order valence-corrected chi connectivity index (χ3v) is 13.2. The Bertz CT molecular complexity index is 2230. The lowest BCUT2D eigenvalue weighted by Gasteiger charge is -2.35. The van der Waals surface area contributed by atoms with E-state index in [1.807, 2.05) is 34.6 Å². The molecule has 5 fully saturated rings. The molecule has 4 heterocycles. The zero-order valence-electron chi connectivity index (χ0n) is 36.5. The van der Waals surface area contributed by atoms with E-state index in [1.165, 1.54) is 17.2 Å². The number of fused-ring (bicyclic) bond motifs is 2. The van der Waals surface area contributed by atoms with Crippen molar-refractivity contribution in [3.63, 3.8) is 0 Å². The average Bonchev–Trinajstić information content (AvgIpc) is 3.91. The predicted molar refractivity (Wildman–Crippen MR) is 233 cm³/mol. The number of aromatic nitrogens is 2. The van der Waals surface area contributed by atoms with Crippen LogP contribution in [-0.4, -0.2) is 131 Å². The Hall–Kier alpha value is -5.13. The number of likely N-dealkylation sites (tertiary alicyclic amines) is 1. The highest BCUT2D eigenvalue weighted by Gasteiger charge is 2.61. The number of benzene rings is 1. The quantitative estimate of drug-likeness (QED) is 0.131. The number of carbonyl (C=O) groups is 4. The summed E-state index contributed by atoms with van der Waals surface area (Å²) in [6, 6.07) is 3.35. The van der Waals surface area contributed by atoms with Crippen molar-refractivity contribution in [2.75, 3.05) is 51.3 Å². The van der Waals surface area contributed by atoms with Crippen molar-refractivity contribution in [1.82, 2.24) is 30.4 Å². The van der Waals surface area contributed by atoms with Gasteiger partial charge in [0.15, 0.2) is 0 Å². The molecule has 8 atom stereocenters. The molecule has 2 aromatic heterocycles. The second-order valence-electron chi connectivity index (χ2n) is 18.9. The van der Waals surface area contributed by atoms with Crippen LogP contribution in [-0.2, 0) is 23.9 Å². The van der Waals surface area contributed by atoms with Crippen LogP contribution in [0.5, 0.6) is 11.5 Å². The summed E-state index contributed by atoms with van der Waals surface area (Å²) >= 11 is 7.07. The van der Waals surface area contributed by atoms with Crippen molar-refractivity contribution in [2.45, 2.75) is 103 Å². The van der Waals surface area contributed by atoms with Crippen LogP contribution in [0.3, 0.4) is 0 Å². The van der Waals surface area contributed by atoms with Crippen LogP contribution in [0, 0.1) is 23.2 Å². The Labute approximate surface area is 371 Å². The van der Waals surface area contributed by atoms with Crippen LogP contribution in [0.15, 0.2) is 41.5 Å². The van der Waals surface area contributed by atoms with Gasteiger partial charge in [-0.05, 0) is 68.9 Å². The second kappa shape index (κ2) is 17.8. The minimum absolute atomic E-state index is 0.000220. The number of hydrogen-bond acceptors (Lipinski definition) is 13. The first-order valence-corrected chi connectivity index (χ1v) is 22.3. The molecule has 2 saturated heterocycles. The van der Waals surface area contributed by atoms with E-state index in [0.717, 1.165) is 32.4 Å².